The summed E-state index contributed by atoms with van der Waals surface area (Å²) in [5, 5.41) is 3.16. The highest BCUT2D eigenvalue weighted by Gasteiger charge is 2.70. The van der Waals surface area contributed by atoms with Crippen LogP contribution in [0.5, 0.6) is 0 Å². The van der Waals surface area contributed by atoms with Gasteiger partial charge in [0, 0.05) is 23.9 Å². The van der Waals surface area contributed by atoms with Crippen molar-refractivity contribution in [2.24, 2.45) is 11.8 Å². The van der Waals surface area contributed by atoms with Crippen molar-refractivity contribution in [3.8, 4) is 0 Å². The normalized spacial score (nSPS) is 45.0. The number of halogens is 2. The van der Waals surface area contributed by atoms with Crippen LogP contribution < -0.4 is 5.32 Å². The fraction of sp³-hybridized carbons (Fsp3) is 1.00. The van der Waals surface area contributed by atoms with E-state index in [2.05, 4.69) is 10.2 Å². The highest BCUT2D eigenvalue weighted by Crippen LogP contribution is 2.62. The van der Waals surface area contributed by atoms with E-state index in [1.807, 2.05) is 21.1 Å². The molecule has 0 spiro atoms. The van der Waals surface area contributed by atoms with Crippen LogP contribution in [0.2, 0.25) is 0 Å². The number of alkyl halides is 2. The van der Waals surface area contributed by atoms with Gasteiger partial charge in [-0.05, 0) is 34.0 Å². The molecule has 0 aromatic rings. The third kappa shape index (κ3) is 1.36. The summed E-state index contributed by atoms with van der Waals surface area (Å²) in [5.41, 5.74) is 0. The van der Waals surface area contributed by atoms with Gasteiger partial charge < -0.3 is 10.2 Å². The number of nitrogens with one attached hydrogen (secondary N) is 1. The molecule has 82 valence electrons. The van der Waals surface area contributed by atoms with Gasteiger partial charge in [0.25, 0.3) is 5.92 Å². The van der Waals surface area contributed by atoms with Gasteiger partial charge >= 0.3 is 0 Å². The predicted octanol–water partition coefficient (Wildman–Crippen LogP) is 1.18. The topological polar surface area (TPSA) is 15.3 Å². The Bertz CT molecular complexity index is 230. The van der Waals surface area contributed by atoms with Gasteiger partial charge in [0.15, 0.2) is 0 Å². The second-order valence-corrected chi connectivity index (χ2v) is 4.79. The fourth-order valence-electron chi connectivity index (χ4n) is 2.84. The van der Waals surface area contributed by atoms with Gasteiger partial charge in [-0.25, -0.2) is 8.78 Å². The largest absolute Gasteiger partial charge is 0.315 e. The van der Waals surface area contributed by atoms with Crippen LogP contribution in [0.1, 0.15) is 12.8 Å². The van der Waals surface area contributed by atoms with Crippen molar-refractivity contribution in [3.05, 3.63) is 0 Å². The standard InChI is InChI=1S/C10H18F2N2/c1-13-8-4-6-7(10(6,11)12)5-9(8)14(2)3/h6-9,13H,4-5H2,1-3H3/t6?,7?,8-,9-/m0/s1. The summed E-state index contributed by atoms with van der Waals surface area (Å²) in [6.07, 6.45) is 1.26. The van der Waals surface area contributed by atoms with Crippen molar-refractivity contribution in [2.45, 2.75) is 30.8 Å². The SMILES string of the molecule is CN[C@H]1CC2C(C[C@@H]1N(C)C)C2(F)F. The summed E-state index contributed by atoms with van der Waals surface area (Å²) in [7, 11) is 5.80. The Morgan fingerprint density at radius 1 is 1.21 bits per heavy atom. The fourth-order valence-corrected chi connectivity index (χ4v) is 2.84. The van der Waals surface area contributed by atoms with Gasteiger partial charge in [-0.15, -0.1) is 0 Å². The molecular formula is C10H18F2N2. The molecule has 2 aliphatic carbocycles. The molecule has 0 amide bonds. The molecular weight excluding hydrogens is 186 g/mol. The van der Waals surface area contributed by atoms with Crippen LogP contribution in [0, 0.1) is 11.8 Å². The predicted molar refractivity (Wildman–Crippen MR) is 51.5 cm³/mol. The zero-order valence-electron chi connectivity index (χ0n) is 8.93. The van der Waals surface area contributed by atoms with Crippen molar-refractivity contribution in [3.63, 3.8) is 0 Å². The number of hydrogen-bond acceptors (Lipinski definition) is 2. The van der Waals surface area contributed by atoms with E-state index < -0.39 is 5.92 Å². The first-order valence-electron chi connectivity index (χ1n) is 5.20. The second-order valence-electron chi connectivity index (χ2n) is 4.79. The minimum absolute atomic E-state index is 0.222. The highest BCUT2D eigenvalue weighted by atomic mass is 19.3. The molecule has 2 unspecified atom stereocenters. The summed E-state index contributed by atoms with van der Waals surface area (Å²) < 4.78 is 26.4. The molecule has 0 radical (unpaired) electrons. The van der Waals surface area contributed by atoms with E-state index >= 15 is 0 Å². The summed E-state index contributed by atoms with van der Waals surface area (Å²) >= 11 is 0. The lowest BCUT2D eigenvalue weighted by atomic mass is 9.90. The van der Waals surface area contributed by atoms with Crippen molar-refractivity contribution in [1.29, 1.82) is 0 Å². The highest BCUT2D eigenvalue weighted by molar-refractivity contribution is 5.12. The Labute approximate surface area is 83.7 Å². The Hall–Kier alpha value is -0.220. The molecule has 0 heterocycles. The lowest BCUT2D eigenvalue weighted by Crippen LogP contribution is -2.48. The van der Waals surface area contributed by atoms with E-state index in [1.165, 1.54) is 0 Å². The van der Waals surface area contributed by atoms with E-state index in [9.17, 15) is 8.78 Å². The minimum Gasteiger partial charge on any atom is -0.315 e. The third-order valence-electron chi connectivity index (χ3n) is 3.87. The Morgan fingerprint density at radius 2 is 1.79 bits per heavy atom. The molecule has 0 aliphatic heterocycles. The zero-order valence-corrected chi connectivity index (χ0v) is 8.93. The molecule has 0 bridgehead atoms. The number of nitrogens with zero attached hydrogens (tertiary/aromatic N) is 1. The quantitative estimate of drug-likeness (QED) is 0.726. The first-order chi connectivity index (χ1) is 6.48. The van der Waals surface area contributed by atoms with Crippen molar-refractivity contribution < 1.29 is 8.78 Å². The smallest absolute Gasteiger partial charge is 0.254 e. The zero-order chi connectivity index (χ0) is 10.5. The van der Waals surface area contributed by atoms with Crippen LogP contribution in [0.25, 0.3) is 0 Å². The maximum absolute atomic E-state index is 13.2. The van der Waals surface area contributed by atoms with E-state index in [4.69, 9.17) is 0 Å². The van der Waals surface area contributed by atoms with Gasteiger partial charge in [-0.1, -0.05) is 0 Å². The molecule has 0 aromatic heterocycles. The third-order valence-corrected chi connectivity index (χ3v) is 3.87. The molecule has 2 nitrogen and oxygen atoms in total. The number of hydrogen-bond donors (Lipinski definition) is 1. The molecule has 14 heavy (non-hydrogen) atoms. The summed E-state index contributed by atoms with van der Waals surface area (Å²) in [6.45, 7) is 0. The first-order valence-corrected chi connectivity index (χ1v) is 5.20. The van der Waals surface area contributed by atoms with Gasteiger partial charge in [0.05, 0.1) is 0 Å². The maximum atomic E-state index is 13.2. The van der Waals surface area contributed by atoms with Gasteiger partial charge in [0.1, 0.15) is 0 Å². The Kier molecular flexibility index (Phi) is 2.31. The Balaban J connectivity index is 2.07. The van der Waals surface area contributed by atoms with Gasteiger partial charge in [0.2, 0.25) is 0 Å². The average Bonchev–Trinajstić information content (AvgIpc) is 2.67. The maximum Gasteiger partial charge on any atom is 0.254 e. The summed E-state index contributed by atoms with van der Waals surface area (Å²) in [5.74, 6) is -3.07. The minimum atomic E-state index is -2.38. The summed E-state index contributed by atoms with van der Waals surface area (Å²) in [4.78, 5) is 2.06. The van der Waals surface area contributed by atoms with E-state index in [0.717, 1.165) is 0 Å². The average molecular weight is 204 g/mol. The molecule has 4 atom stereocenters. The van der Waals surface area contributed by atoms with Crippen molar-refractivity contribution >= 4 is 0 Å². The lowest BCUT2D eigenvalue weighted by Gasteiger charge is -2.34. The molecule has 2 fully saturated rings. The van der Waals surface area contributed by atoms with Crippen LogP contribution in [0.3, 0.4) is 0 Å². The van der Waals surface area contributed by atoms with E-state index in [0.29, 0.717) is 12.8 Å². The first kappa shape index (κ1) is 10.3. The molecule has 0 saturated heterocycles. The van der Waals surface area contributed by atoms with Crippen LogP contribution in [-0.2, 0) is 0 Å². The van der Waals surface area contributed by atoms with Gasteiger partial charge in [-0.3, -0.25) is 0 Å². The van der Waals surface area contributed by atoms with Crippen molar-refractivity contribution in [2.75, 3.05) is 21.1 Å². The molecule has 1 N–H and O–H groups in total. The second kappa shape index (κ2) is 3.14. The number of rotatable bonds is 2. The van der Waals surface area contributed by atoms with E-state index in [-0.39, 0.29) is 23.9 Å². The monoisotopic (exact) mass is 204 g/mol. The molecule has 4 heteroatoms. The molecule has 2 saturated carbocycles. The Morgan fingerprint density at radius 3 is 2.29 bits per heavy atom. The van der Waals surface area contributed by atoms with E-state index in [1.54, 1.807) is 0 Å². The molecule has 2 aliphatic rings. The van der Waals surface area contributed by atoms with Crippen molar-refractivity contribution in [1.82, 2.24) is 10.2 Å². The summed E-state index contributed by atoms with van der Waals surface area (Å²) in [6, 6.07) is 0.481. The van der Waals surface area contributed by atoms with Crippen LogP contribution in [0.4, 0.5) is 8.78 Å². The van der Waals surface area contributed by atoms with Crippen LogP contribution >= 0.6 is 0 Å². The lowest BCUT2D eigenvalue weighted by molar-refractivity contribution is 0.0837. The van der Waals surface area contributed by atoms with Gasteiger partial charge in [-0.2, -0.15) is 0 Å². The molecule has 2 rings (SSSR count). The molecule has 0 aromatic carbocycles. The number of fused-ring (bicyclic) bond motifs is 1. The number of likely N-dealkylation sites (N-methyl/N-ethyl adjacent to an activating group) is 2. The van der Waals surface area contributed by atoms with Crippen LogP contribution in [0.15, 0.2) is 0 Å². The van der Waals surface area contributed by atoms with Crippen LogP contribution in [-0.4, -0.2) is 44.0 Å².